The molecule has 0 aliphatic heterocycles. The summed E-state index contributed by atoms with van der Waals surface area (Å²) in [6, 6.07) is 20.5. The topological polar surface area (TPSA) is 52.6 Å². The summed E-state index contributed by atoms with van der Waals surface area (Å²) in [6.07, 6.45) is 0. The lowest BCUT2D eigenvalue weighted by Gasteiger charge is -2.09. The SMILES string of the molecule is O=C(COc1ccc(C(=O)c2ccccc2)cc1)Oc1ccc(Br)cc1Cl. The Balaban J connectivity index is 1.57. The number of carbonyl (C=O) groups excluding carboxylic acids is 2. The molecule has 3 aromatic rings. The normalized spacial score (nSPS) is 10.3. The third-order valence-corrected chi connectivity index (χ3v) is 4.42. The number of ether oxygens (including phenoxy) is 2. The van der Waals surface area contributed by atoms with Gasteiger partial charge in [0.05, 0.1) is 5.02 Å². The number of ketones is 1. The molecule has 0 amide bonds. The first-order valence-corrected chi connectivity index (χ1v) is 9.18. The van der Waals surface area contributed by atoms with Crippen LogP contribution in [0.1, 0.15) is 15.9 Å². The van der Waals surface area contributed by atoms with Gasteiger partial charge in [-0.05, 0) is 42.5 Å². The quantitative estimate of drug-likeness (QED) is 0.293. The Morgan fingerprint density at radius 1 is 0.889 bits per heavy atom. The van der Waals surface area contributed by atoms with Gasteiger partial charge in [0.15, 0.2) is 12.4 Å². The Labute approximate surface area is 169 Å². The second-order valence-electron chi connectivity index (χ2n) is 5.56. The van der Waals surface area contributed by atoms with Crippen LogP contribution < -0.4 is 9.47 Å². The Bertz CT molecular complexity index is 956. The van der Waals surface area contributed by atoms with Gasteiger partial charge in [-0.1, -0.05) is 57.9 Å². The van der Waals surface area contributed by atoms with Crippen molar-refractivity contribution in [2.45, 2.75) is 0 Å². The summed E-state index contributed by atoms with van der Waals surface area (Å²) in [6.45, 7) is -0.279. The van der Waals surface area contributed by atoms with E-state index >= 15 is 0 Å². The number of rotatable bonds is 6. The van der Waals surface area contributed by atoms with Gasteiger partial charge in [0.2, 0.25) is 0 Å². The molecular weight excluding hydrogens is 432 g/mol. The van der Waals surface area contributed by atoms with Crippen LogP contribution in [0, 0.1) is 0 Å². The lowest BCUT2D eigenvalue weighted by Crippen LogP contribution is -2.17. The lowest BCUT2D eigenvalue weighted by atomic mass is 10.0. The molecule has 0 heterocycles. The zero-order valence-electron chi connectivity index (χ0n) is 14.0. The first-order valence-electron chi connectivity index (χ1n) is 8.01. The third kappa shape index (κ3) is 5.18. The van der Waals surface area contributed by atoms with E-state index < -0.39 is 5.97 Å². The van der Waals surface area contributed by atoms with Crippen LogP contribution in [0.4, 0.5) is 0 Å². The molecule has 4 nitrogen and oxygen atoms in total. The van der Waals surface area contributed by atoms with Gasteiger partial charge in [-0.2, -0.15) is 0 Å². The molecule has 6 heteroatoms. The highest BCUT2D eigenvalue weighted by Gasteiger charge is 2.11. The summed E-state index contributed by atoms with van der Waals surface area (Å²) in [4.78, 5) is 24.3. The summed E-state index contributed by atoms with van der Waals surface area (Å²) in [5.41, 5.74) is 1.15. The maximum Gasteiger partial charge on any atom is 0.349 e. The van der Waals surface area contributed by atoms with Crippen molar-refractivity contribution >= 4 is 39.3 Å². The van der Waals surface area contributed by atoms with Crippen molar-refractivity contribution in [1.29, 1.82) is 0 Å². The monoisotopic (exact) mass is 444 g/mol. The number of benzene rings is 3. The van der Waals surface area contributed by atoms with Gasteiger partial charge in [-0.15, -0.1) is 0 Å². The first-order chi connectivity index (χ1) is 13.0. The van der Waals surface area contributed by atoms with E-state index in [1.165, 1.54) is 0 Å². The van der Waals surface area contributed by atoms with E-state index in [0.717, 1.165) is 4.47 Å². The lowest BCUT2D eigenvalue weighted by molar-refractivity contribution is -0.136. The molecule has 0 fully saturated rings. The van der Waals surface area contributed by atoms with Crippen LogP contribution in [-0.4, -0.2) is 18.4 Å². The minimum Gasteiger partial charge on any atom is -0.482 e. The number of halogens is 2. The zero-order valence-corrected chi connectivity index (χ0v) is 16.4. The van der Waals surface area contributed by atoms with Crippen molar-refractivity contribution in [2.24, 2.45) is 0 Å². The first kappa shape index (κ1) is 19.1. The van der Waals surface area contributed by atoms with Gasteiger partial charge in [-0.25, -0.2) is 4.79 Å². The fourth-order valence-corrected chi connectivity index (χ4v) is 3.02. The molecule has 0 spiro atoms. The van der Waals surface area contributed by atoms with Crippen LogP contribution in [0.3, 0.4) is 0 Å². The molecule has 0 atom stereocenters. The van der Waals surface area contributed by atoms with Crippen LogP contribution in [0.15, 0.2) is 77.3 Å². The van der Waals surface area contributed by atoms with E-state index in [-0.39, 0.29) is 18.1 Å². The Morgan fingerprint density at radius 2 is 1.56 bits per heavy atom. The molecule has 136 valence electrons. The summed E-state index contributed by atoms with van der Waals surface area (Å²) < 4.78 is 11.4. The molecule has 0 unspecified atom stereocenters. The van der Waals surface area contributed by atoms with Crippen molar-refractivity contribution < 1.29 is 19.1 Å². The minimum atomic E-state index is -0.580. The van der Waals surface area contributed by atoms with Gasteiger partial charge >= 0.3 is 5.97 Å². The van der Waals surface area contributed by atoms with E-state index in [1.807, 2.05) is 18.2 Å². The van der Waals surface area contributed by atoms with E-state index in [4.69, 9.17) is 21.1 Å². The van der Waals surface area contributed by atoms with Crippen LogP contribution in [0.2, 0.25) is 5.02 Å². The number of carbonyl (C=O) groups is 2. The molecule has 0 aliphatic carbocycles. The van der Waals surface area contributed by atoms with E-state index in [9.17, 15) is 9.59 Å². The van der Waals surface area contributed by atoms with Crippen LogP contribution in [0.25, 0.3) is 0 Å². The minimum absolute atomic E-state index is 0.0774. The average molecular weight is 446 g/mol. The van der Waals surface area contributed by atoms with Crippen LogP contribution in [-0.2, 0) is 4.79 Å². The number of hydrogen-bond acceptors (Lipinski definition) is 4. The van der Waals surface area contributed by atoms with Gasteiger partial charge < -0.3 is 9.47 Å². The average Bonchev–Trinajstić information content (AvgIpc) is 2.69. The van der Waals surface area contributed by atoms with Crippen molar-refractivity contribution in [2.75, 3.05) is 6.61 Å². The van der Waals surface area contributed by atoms with E-state index in [2.05, 4.69) is 15.9 Å². The molecule has 3 rings (SSSR count). The molecule has 0 radical (unpaired) electrons. The zero-order chi connectivity index (χ0) is 19.2. The highest BCUT2D eigenvalue weighted by atomic mass is 79.9. The predicted molar refractivity (Wildman–Crippen MR) is 107 cm³/mol. The van der Waals surface area contributed by atoms with Crippen molar-refractivity contribution in [3.05, 3.63) is 93.4 Å². The van der Waals surface area contributed by atoms with Crippen LogP contribution in [0.5, 0.6) is 11.5 Å². The standard InChI is InChI=1S/C21H14BrClO4/c22-16-8-11-19(18(23)12-16)27-20(24)13-26-17-9-6-15(7-10-17)21(25)14-4-2-1-3-5-14/h1-12H,13H2. The number of esters is 1. The highest BCUT2D eigenvalue weighted by molar-refractivity contribution is 9.10. The van der Waals surface area contributed by atoms with Gasteiger partial charge in [0.1, 0.15) is 11.5 Å². The van der Waals surface area contributed by atoms with Crippen molar-refractivity contribution in [3.63, 3.8) is 0 Å². The molecular formula is C21H14BrClO4. The smallest absolute Gasteiger partial charge is 0.349 e. The summed E-state index contributed by atoms with van der Waals surface area (Å²) in [7, 11) is 0. The van der Waals surface area contributed by atoms with Gasteiger partial charge in [0.25, 0.3) is 0 Å². The van der Waals surface area contributed by atoms with E-state index in [1.54, 1.807) is 54.6 Å². The molecule has 0 aliphatic rings. The fraction of sp³-hybridized carbons (Fsp3) is 0.0476. The summed E-state index contributed by atoms with van der Waals surface area (Å²) >= 11 is 9.29. The molecule has 27 heavy (non-hydrogen) atoms. The summed E-state index contributed by atoms with van der Waals surface area (Å²) in [5, 5.41) is 0.321. The summed E-state index contributed by atoms with van der Waals surface area (Å²) in [5.74, 6) is 0.0610. The maximum atomic E-state index is 12.4. The molecule has 0 N–H and O–H groups in total. The largest absolute Gasteiger partial charge is 0.482 e. The van der Waals surface area contributed by atoms with Gasteiger partial charge in [-0.3, -0.25) is 4.79 Å². The Morgan fingerprint density at radius 3 is 2.22 bits per heavy atom. The second kappa shape index (κ2) is 8.84. The molecule has 0 aromatic heterocycles. The highest BCUT2D eigenvalue weighted by Crippen LogP contribution is 2.27. The maximum absolute atomic E-state index is 12.4. The molecule has 0 bridgehead atoms. The Hall–Kier alpha value is -2.63. The third-order valence-electron chi connectivity index (χ3n) is 3.63. The molecule has 0 saturated heterocycles. The molecule has 3 aromatic carbocycles. The van der Waals surface area contributed by atoms with Crippen LogP contribution >= 0.6 is 27.5 Å². The van der Waals surface area contributed by atoms with E-state index in [0.29, 0.717) is 21.9 Å². The number of hydrogen-bond donors (Lipinski definition) is 0. The van der Waals surface area contributed by atoms with Crippen molar-refractivity contribution in [3.8, 4) is 11.5 Å². The van der Waals surface area contributed by atoms with Gasteiger partial charge in [0, 0.05) is 15.6 Å². The fourth-order valence-electron chi connectivity index (χ4n) is 2.31. The Kier molecular flexibility index (Phi) is 6.27. The molecule has 0 saturated carbocycles. The second-order valence-corrected chi connectivity index (χ2v) is 6.88. The van der Waals surface area contributed by atoms with Crippen molar-refractivity contribution in [1.82, 2.24) is 0 Å². The predicted octanol–water partition coefficient (Wildman–Crippen LogP) is 5.32.